The Labute approximate surface area is 152 Å². The van der Waals surface area contributed by atoms with Gasteiger partial charge in [0.2, 0.25) is 0 Å². The molecule has 1 N–H and O–H groups in total. The summed E-state index contributed by atoms with van der Waals surface area (Å²) in [5.41, 5.74) is 0.575. The fraction of sp³-hybridized carbons (Fsp3) is 0.611. The van der Waals surface area contributed by atoms with Gasteiger partial charge in [-0.2, -0.15) is 0 Å². The number of ether oxygens (including phenoxy) is 2. The molecule has 0 saturated carbocycles. The van der Waals surface area contributed by atoms with E-state index in [1.807, 2.05) is 6.92 Å². The summed E-state index contributed by atoms with van der Waals surface area (Å²) in [6, 6.07) is 3.50. The molecule has 1 aromatic carbocycles. The van der Waals surface area contributed by atoms with Crippen LogP contribution in [0.2, 0.25) is 0 Å². The van der Waals surface area contributed by atoms with Crippen molar-refractivity contribution >= 4 is 21.8 Å². The van der Waals surface area contributed by atoms with Gasteiger partial charge in [0.25, 0.3) is 5.91 Å². The van der Waals surface area contributed by atoms with Gasteiger partial charge in [0.15, 0.2) is 11.5 Å². The Kier molecular flexibility index (Phi) is 7.37. The summed E-state index contributed by atoms with van der Waals surface area (Å²) < 4.78 is 11.6. The summed E-state index contributed by atoms with van der Waals surface area (Å²) in [5, 5.41) is 3.02. The minimum absolute atomic E-state index is 0.0787. The van der Waals surface area contributed by atoms with Gasteiger partial charge < -0.3 is 19.7 Å². The van der Waals surface area contributed by atoms with Gasteiger partial charge in [-0.3, -0.25) is 4.79 Å². The van der Waals surface area contributed by atoms with Crippen LogP contribution in [0.4, 0.5) is 0 Å². The number of likely N-dealkylation sites (tertiary alicyclic amines) is 1. The first-order chi connectivity index (χ1) is 11.5. The molecule has 0 radical (unpaired) electrons. The van der Waals surface area contributed by atoms with E-state index in [0.29, 0.717) is 36.1 Å². The van der Waals surface area contributed by atoms with Crippen LogP contribution in [0, 0.1) is 5.92 Å². The Morgan fingerprint density at radius 2 is 2.08 bits per heavy atom. The SMILES string of the molecule is CCOc1c(Br)cc(C(=O)NCCC2CCN(C)CC2)cc1OC. The molecule has 1 aliphatic rings. The summed E-state index contributed by atoms with van der Waals surface area (Å²) in [7, 11) is 3.74. The van der Waals surface area contributed by atoms with Gasteiger partial charge in [0.1, 0.15) is 0 Å². The van der Waals surface area contributed by atoms with E-state index in [9.17, 15) is 4.79 Å². The number of methoxy groups -OCH3 is 1. The Morgan fingerprint density at radius 1 is 1.38 bits per heavy atom. The smallest absolute Gasteiger partial charge is 0.251 e. The van der Waals surface area contributed by atoms with Gasteiger partial charge in [-0.25, -0.2) is 0 Å². The normalized spacial score (nSPS) is 16.0. The lowest BCUT2D eigenvalue weighted by Crippen LogP contribution is -2.32. The second-order valence-corrected chi connectivity index (χ2v) is 7.07. The molecule has 1 saturated heterocycles. The first-order valence-corrected chi connectivity index (χ1v) is 9.31. The maximum Gasteiger partial charge on any atom is 0.251 e. The summed E-state index contributed by atoms with van der Waals surface area (Å²) in [6.45, 7) is 5.47. The Hall–Kier alpha value is -1.27. The van der Waals surface area contributed by atoms with Crippen molar-refractivity contribution in [3.8, 4) is 11.5 Å². The molecule has 1 heterocycles. The van der Waals surface area contributed by atoms with E-state index in [-0.39, 0.29) is 5.91 Å². The number of benzene rings is 1. The number of carbonyl (C=O) groups is 1. The van der Waals surface area contributed by atoms with Crippen molar-refractivity contribution in [1.82, 2.24) is 10.2 Å². The Morgan fingerprint density at radius 3 is 2.71 bits per heavy atom. The van der Waals surface area contributed by atoms with Crippen LogP contribution in [-0.4, -0.2) is 51.2 Å². The van der Waals surface area contributed by atoms with E-state index in [1.165, 1.54) is 12.8 Å². The number of amides is 1. The van der Waals surface area contributed by atoms with E-state index in [0.717, 1.165) is 24.0 Å². The van der Waals surface area contributed by atoms with Crippen molar-refractivity contribution in [1.29, 1.82) is 0 Å². The second kappa shape index (κ2) is 9.28. The lowest BCUT2D eigenvalue weighted by Gasteiger charge is -2.28. The fourth-order valence-corrected chi connectivity index (χ4v) is 3.53. The van der Waals surface area contributed by atoms with Crippen molar-refractivity contribution < 1.29 is 14.3 Å². The van der Waals surface area contributed by atoms with Crippen LogP contribution in [0.5, 0.6) is 11.5 Å². The van der Waals surface area contributed by atoms with Crippen LogP contribution >= 0.6 is 15.9 Å². The number of nitrogens with zero attached hydrogens (tertiary/aromatic N) is 1. The van der Waals surface area contributed by atoms with Gasteiger partial charge >= 0.3 is 0 Å². The highest BCUT2D eigenvalue weighted by molar-refractivity contribution is 9.10. The van der Waals surface area contributed by atoms with Gasteiger partial charge in [-0.15, -0.1) is 0 Å². The van der Waals surface area contributed by atoms with Crippen LogP contribution in [0.1, 0.15) is 36.5 Å². The Bertz CT molecular complexity index is 557. The summed E-state index contributed by atoms with van der Waals surface area (Å²) in [4.78, 5) is 14.8. The molecule has 1 amide bonds. The fourth-order valence-electron chi connectivity index (χ4n) is 2.98. The molecule has 0 unspecified atom stereocenters. The lowest BCUT2D eigenvalue weighted by molar-refractivity contribution is 0.0948. The third kappa shape index (κ3) is 5.11. The van der Waals surface area contributed by atoms with E-state index in [2.05, 4.69) is 33.2 Å². The molecule has 24 heavy (non-hydrogen) atoms. The van der Waals surface area contributed by atoms with Crippen LogP contribution in [0.15, 0.2) is 16.6 Å². The average molecular weight is 399 g/mol. The maximum absolute atomic E-state index is 12.4. The second-order valence-electron chi connectivity index (χ2n) is 6.21. The molecule has 5 nitrogen and oxygen atoms in total. The van der Waals surface area contributed by atoms with Crippen molar-refractivity contribution in [2.24, 2.45) is 5.92 Å². The number of hydrogen-bond donors (Lipinski definition) is 1. The van der Waals surface area contributed by atoms with Gasteiger partial charge in [-0.05, 0) is 80.3 Å². The number of rotatable bonds is 7. The van der Waals surface area contributed by atoms with Crippen LogP contribution < -0.4 is 14.8 Å². The lowest BCUT2D eigenvalue weighted by atomic mass is 9.94. The zero-order valence-corrected chi connectivity index (χ0v) is 16.3. The molecule has 0 atom stereocenters. The summed E-state index contributed by atoms with van der Waals surface area (Å²) in [5.74, 6) is 1.82. The third-order valence-corrected chi connectivity index (χ3v) is 5.05. The third-order valence-electron chi connectivity index (χ3n) is 4.46. The first-order valence-electron chi connectivity index (χ1n) is 8.52. The molecule has 134 valence electrons. The number of carbonyl (C=O) groups excluding carboxylic acids is 1. The highest BCUT2D eigenvalue weighted by atomic mass is 79.9. The topological polar surface area (TPSA) is 50.8 Å². The molecule has 0 aliphatic carbocycles. The minimum Gasteiger partial charge on any atom is -0.493 e. The van der Waals surface area contributed by atoms with Crippen LogP contribution in [0.3, 0.4) is 0 Å². The number of nitrogens with one attached hydrogen (secondary N) is 1. The predicted molar refractivity (Wildman–Crippen MR) is 99.0 cm³/mol. The number of piperidine rings is 1. The monoisotopic (exact) mass is 398 g/mol. The molecule has 1 fully saturated rings. The van der Waals surface area contributed by atoms with Crippen molar-refractivity contribution in [3.05, 3.63) is 22.2 Å². The summed E-state index contributed by atoms with van der Waals surface area (Å²) >= 11 is 3.45. The largest absolute Gasteiger partial charge is 0.493 e. The van der Waals surface area contributed by atoms with E-state index in [4.69, 9.17) is 9.47 Å². The van der Waals surface area contributed by atoms with E-state index >= 15 is 0 Å². The highest BCUT2D eigenvalue weighted by Crippen LogP contribution is 2.36. The minimum atomic E-state index is -0.0787. The van der Waals surface area contributed by atoms with E-state index in [1.54, 1.807) is 19.2 Å². The molecule has 0 bridgehead atoms. The number of halogens is 1. The summed E-state index contributed by atoms with van der Waals surface area (Å²) in [6.07, 6.45) is 3.47. The molecular formula is C18H27BrN2O3. The molecule has 0 spiro atoms. The molecule has 0 aromatic heterocycles. The van der Waals surface area contributed by atoms with Crippen molar-refractivity contribution in [2.45, 2.75) is 26.2 Å². The zero-order chi connectivity index (χ0) is 17.5. The molecule has 2 rings (SSSR count). The standard InChI is InChI=1S/C18H27BrN2O3/c1-4-24-17-15(19)11-14(12-16(17)23-3)18(22)20-8-5-13-6-9-21(2)10-7-13/h11-13H,4-10H2,1-3H3,(H,20,22). The Balaban J connectivity index is 1.91. The maximum atomic E-state index is 12.4. The predicted octanol–water partition coefficient (Wildman–Crippen LogP) is 3.32. The first kappa shape index (κ1) is 19.1. The van der Waals surface area contributed by atoms with Gasteiger partial charge in [-0.1, -0.05) is 0 Å². The van der Waals surface area contributed by atoms with Crippen molar-refractivity contribution in [3.63, 3.8) is 0 Å². The molecule has 1 aliphatic heterocycles. The van der Waals surface area contributed by atoms with E-state index < -0.39 is 0 Å². The van der Waals surface area contributed by atoms with Gasteiger partial charge in [0.05, 0.1) is 18.2 Å². The zero-order valence-electron chi connectivity index (χ0n) is 14.7. The quantitative estimate of drug-likeness (QED) is 0.765. The highest BCUT2D eigenvalue weighted by Gasteiger charge is 2.18. The van der Waals surface area contributed by atoms with Crippen LogP contribution in [0.25, 0.3) is 0 Å². The van der Waals surface area contributed by atoms with Gasteiger partial charge in [0, 0.05) is 12.1 Å². The van der Waals surface area contributed by atoms with Crippen molar-refractivity contribution in [2.75, 3.05) is 40.4 Å². The molecular weight excluding hydrogens is 372 g/mol. The number of hydrogen-bond acceptors (Lipinski definition) is 4. The molecule has 1 aromatic rings. The molecule has 6 heteroatoms. The van der Waals surface area contributed by atoms with Crippen LogP contribution in [-0.2, 0) is 0 Å². The average Bonchev–Trinajstić information content (AvgIpc) is 2.58.